The molecule has 0 aliphatic carbocycles. The van der Waals surface area contributed by atoms with E-state index < -0.39 is 0 Å². The molecule has 0 bridgehead atoms. The third-order valence-corrected chi connectivity index (χ3v) is 0. The molecular weight excluding hydrogens is 236 g/mol. The van der Waals surface area contributed by atoms with Gasteiger partial charge in [-0.25, -0.2) is 0 Å². The molecule has 0 atom stereocenters. The van der Waals surface area contributed by atoms with Crippen LogP contribution in [0.15, 0.2) is 0 Å². The van der Waals surface area contributed by atoms with Crippen LogP contribution in [0, 0.1) is 0 Å². The molecule has 0 aromatic rings. The molecule has 0 saturated heterocycles. The quantitative estimate of drug-likeness (QED) is 0.398. The summed E-state index contributed by atoms with van der Waals surface area (Å²) in [6.45, 7) is 0. The Morgan fingerprint density at radius 3 is 1.00 bits per heavy atom. The first-order chi connectivity index (χ1) is 1.00. The molecule has 0 aliphatic heterocycles. The Morgan fingerprint density at radius 2 is 1.00 bits per heavy atom. The van der Waals surface area contributed by atoms with Crippen molar-refractivity contribution in [3.63, 3.8) is 0 Å². The Bertz CT molecular complexity index is 10.8. The molecular formula is H9BBaCaO3. The first kappa shape index (κ1) is 38.2. The second-order valence-electron chi connectivity index (χ2n) is 0. The molecule has 0 heterocycles. The zero-order chi connectivity index (χ0) is 2.00. The summed E-state index contributed by atoms with van der Waals surface area (Å²) in [5.41, 5.74) is 0. The second kappa shape index (κ2) is 48.7. The maximum atomic E-state index is 8.00. The maximum absolute atomic E-state index is 8.00. The fraction of sp³-hybridized carbons (Fsp3) is 0. The van der Waals surface area contributed by atoms with Gasteiger partial charge in [-0.1, -0.05) is 0 Å². The van der Waals surface area contributed by atoms with Crippen LogP contribution in [0.25, 0.3) is 0 Å². The van der Waals surface area contributed by atoms with E-state index in [4.69, 9.17) is 4.70 Å². The molecule has 6 heavy (non-hydrogen) atoms. The topological polar surface area (TPSA) is 80.1 Å². The Hall–Kier alpha value is 2.62. The molecule has 0 amide bonds. The van der Waals surface area contributed by atoms with Gasteiger partial charge in [0.25, 0.3) is 0 Å². The van der Waals surface area contributed by atoms with Gasteiger partial charge in [0.15, 0.2) is 0 Å². The molecule has 3 nitrogen and oxygen atoms in total. The van der Waals surface area contributed by atoms with Gasteiger partial charge in [0.1, 0.15) is 0 Å². The van der Waals surface area contributed by atoms with E-state index in [1.54, 1.807) is 0 Å². The summed E-state index contributed by atoms with van der Waals surface area (Å²) in [6, 6.07) is 0. The van der Waals surface area contributed by atoms with Gasteiger partial charge < -0.3 is 11.0 Å². The summed E-state index contributed by atoms with van der Waals surface area (Å²) < 4.78 is 8.00. The zero-order valence-electron chi connectivity index (χ0n) is 2.12. The van der Waals surface area contributed by atoms with E-state index in [2.05, 4.69) is 0 Å². The van der Waals surface area contributed by atoms with Gasteiger partial charge in [0.2, 0.25) is 0 Å². The van der Waals surface area contributed by atoms with Gasteiger partial charge >= 0.3 is 99.0 Å². The van der Waals surface area contributed by atoms with Crippen molar-refractivity contribution in [1.29, 1.82) is 0 Å². The summed E-state index contributed by atoms with van der Waals surface area (Å²) >= 11 is 0. The van der Waals surface area contributed by atoms with Crippen molar-refractivity contribution in [3.8, 4) is 0 Å². The summed E-state index contributed by atoms with van der Waals surface area (Å²) in [5.74, 6) is 0. The van der Waals surface area contributed by atoms with Crippen molar-refractivity contribution in [3.05, 3.63) is 0 Å². The molecule has 0 aromatic carbocycles. The van der Waals surface area contributed by atoms with E-state index >= 15 is 0 Å². The predicted octanol–water partition coefficient (Wildman–Crippen LogP) is -4.25. The van der Waals surface area contributed by atoms with E-state index in [1.807, 2.05) is 7.72 Å². The SMILES string of the molecule is B=O.O.O.[BaH2].[CaH2]. The molecule has 0 rings (SSSR count). The molecule has 4 N–H and O–H groups in total. The van der Waals surface area contributed by atoms with Crippen LogP contribution in [0.5, 0.6) is 0 Å². The fourth-order valence-corrected chi connectivity index (χ4v) is 0. The van der Waals surface area contributed by atoms with Crippen LogP contribution < -0.4 is 0 Å². The summed E-state index contributed by atoms with van der Waals surface area (Å²) in [7, 11) is 2.00. The Morgan fingerprint density at radius 1 is 1.00 bits per heavy atom. The first-order valence-corrected chi connectivity index (χ1v) is 0.289. The average molecular weight is 245 g/mol. The standard InChI is InChI=1S/BHO.Ba.Ca.2H2O.4H/c1-2;;;;;;;;/h1H;;;2*1H2;;;;. The van der Waals surface area contributed by atoms with E-state index in [0.29, 0.717) is 0 Å². The molecule has 0 spiro atoms. The summed E-state index contributed by atoms with van der Waals surface area (Å²) in [6.07, 6.45) is 0. The van der Waals surface area contributed by atoms with Gasteiger partial charge in [-0.05, 0) is 0 Å². The van der Waals surface area contributed by atoms with Gasteiger partial charge in [-0.15, -0.1) is 0 Å². The Balaban J connectivity index is -0.000000000833. The van der Waals surface area contributed by atoms with Gasteiger partial charge in [-0.3, -0.25) is 0 Å². The number of hydrogen-bond donors (Lipinski definition) is 0. The molecule has 0 unspecified atom stereocenters. The van der Waals surface area contributed by atoms with E-state index in [-0.39, 0.29) is 97.6 Å². The Kier molecular flexibility index (Phi) is 310. The summed E-state index contributed by atoms with van der Waals surface area (Å²) in [4.78, 5) is 0. The second-order valence-corrected chi connectivity index (χ2v) is 0. The Labute approximate surface area is 107 Å². The van der Waals surface area contributed by atoms with E-state index in [1.165, 1.54) is 0 Å². The van der Waals surface area contributed by atoms with Crippen LogP contribution in [-0.4, -0.2) is 105 Å². The molecule has 0 radical (unpaired) electrons. The zero-order valence-corrected chi connectivity index (χ0v) is 2.12. The third kappa shape index (κ3) is 30.5. The van der Waals surface area contributed by atoms with Crippen molar-refractivity contribution < 1.29 is 15.7 Å². The fourth-order valence-electron chi connectivity index (χ4n) is 0. The molecule has 34 valence electrons. The minimum atomic E-state index is 0. The van der Waals surface area contributed by atoms with Crippen LogP contribution in [0.1, 0.15) is 0 Å². The van der Waals surface area contributed by atoms with Crippen LogP contribution in [-0.2, 0) is 4.70 Å². The van der Waals surface area contributed by atoms with Gasteiger partial charge in [0.05, 0.1) is 0 Å². The van der Waals surface area contributed by atoms with Crippen molar-refractivity contribution >= 4 is 94.3 Å². The van der Waals surface area contributed by atoms with E-state index in [0.717, 1.165) is 0 Å². The van der Waals surface area contributed by atoms with Gasteiger partial charge in [0, 0.05) is 0 Å². The van der Waals surface area contributed by atoms with Crippen LogP contribution in [0.4, 0.5) is 0 Å². The number of rotatable bonds is 0. The molecule has 0 aliphatic rings. The van der Waals surface area contributed by atoms with Crippen molar-refractivity contribution in [1.82, 2.24) is 0 Å². The molecule has 6 heteroatoms. The van der Waals surface area contributed by atoms with Crippen LogP contribution in [0.3, 0.4) is 0 Å². The molecule has 0 aromatic heterocycles. The van der Waals surface area contributed by atoms with Crippen molar-refractivity contribution in [2.75, 3.05) is 0 Å². The predicted molar refractivity (Wildman–Crippen MR) is 32.2 cm³/mol. The van der Waals surface area contributed by atoms with Crippen LogP contribution >= 0.6 is 0 Å². The van der Waals surface area contributed by atoms with Crippen molar-refractivity contribution in [2.24, 2.45) is 0 Å². The number of hydrogen-bond acceptors (Lipinski definition) is 1. The average Bonchev–Trinajstić information content (AvgIpc) is 1.00. The minimum absolute atomic E-state index is 0. The first-order valence-electron chi connectivity index (χ1n) is 0.289. The van der Waals surface area contributed by atoms with Crippen molar-refractivity contribution in [2.45, 2.75) is 0 Å². The normalized spacial score (nSPS) is 0.500. The summed E-state index contributed by atoms with van der Waals surface area (Å²) in [5, 5.41) is 0. The monoisotopic (exact) mass is 246 g/mol. The molecule has 0 saturated carbocycles. The van der Waals surface area contributed by atoms with Gasteiger partial charge in [-0.2, -0.15) is 0 Å². The van der Waals surface area contributed by atoms with Crippen LogP contribution in [0.2, 0.25) is 0 Å². The third-order valence-electron chi connectivity index (χ3n) is 0. The van der Waals surface area contributed by atoms with E-state index in [9.17, 15) is 0 Å². The molecule has 0 fully saturated rings.